The molecular formula is C9H9N5O2S. The van der Waals surface area contributed by atoms with Crippen LogP contribution in [0.2, 0.25) is 0 Å². The summed E-state index contributed by atoms with van der Waals surface area (Å²) in [6.45, 7) is 0.789. The van der Waals surface area contributed by atoms with Crippen LogP contribution in [0.4, 0.5) is 0 Å². The van der Waals surface area contributed by atoms with Gasteiger partial charge in [0.1, 0.15) is 11.2 Å². The Morgan fingerprint density at radius 2 is 2.35 bits per heavy atom. The Labute approximate surface area is 100 Å². The predicted molar refractivity (Wildman–Crippen MR) is 58.9 cm³/mol. The summed E-state index contributed by atoms with van der Waals surface area (Å²) in [4.78, 5) is 14.3. The van der Waals surface area contributed by atoms with Gasteiger partial charge in [-0.1, -0.05) is 0 Å². The summed E-state index contributed by atoms with van der Waals surface area (Å²) in [5.74, 6) is -0.0872. The van der Waals surface area contributed by atoms with Gasteiger partial charge in [-0.05, 0) is 21.9 Å². The van der Waals surface area contributed by atoms with E-state index in [2.05, 4.69) is 15.5 Å². The second-order valence-corrected chi connectivity index (χ2v) is 4.67. The second kappa shape index (κ2) is 3.90. The highest BCUT2D eigenvalue weighted by molar-refractivity contribution is 7.12. The van der Waals surface area contributed by atoms with Gasteiger partial charge in [-0.3, -0.25) is 4.79 Å². The maximum atomic E-state index is 12.1. The molecule has 0 bridgehead atoms. The number of carbonyl (C=O) groups is 1. The van der Waals surface area contributed by atoms with Crippen LogP contribution in [-0.4, -0.2) is 55.3 Å². The van der Waals surface area contributed by atoms with Gasteiger partial charge in [-0.25, -0.2) is 0 Å². The van der Waals surface area contributed by atoms with Gasteiger partial charge in [0, 0.05) is 13.1 Å². The molecule has 1 fully saturated rings. The highest BCUT2D eigenvalue weighted by atomic mass is 32.1. The lowest BCUT2D eigenvalue weighted by molar-refractivity contribution is 0.00622. The number of carbonyl (C=O) groups excluding carboxylic acids is 1. The van der Waals surface area contributed by atoms with Crippen LogP contribution in [-0.2, 0) is 0 Å². The molecule has 2 aromatic rings. The Hall–Kier alpha value is -1.80. The van der Waals surface area contributed by atoms with Gasteiger partial charge >= 0.3 is 0 Å². The minimum absolute atomic E-state index is 0.0872. The number of tetrazole rings is 1. The van der Waals surface area contributed by atoms with Gasteiger partial charge in [0.05, 0.1) is 11.8 Å². The highest BCUT2D eigenvalue weighted by Gasteiger charge is 2.31. The minimum atomic E-state index is -0.393. The molecule has 0 spiro atoms. The summed E-state index contributed by atoms with van der Waals surface area (Å²) in [7, 11) is 0. The highest BCUT2D eigenvalue weighted by Crippen LogP contribution is 2.24. The molecule has 0 aliphatic carbocycles. The van der Waals surface area contributed by atoms with E-state index in [1.165, 1.54) is 22.3 Å². The molecular weight excluding hydrogens is 242 g/mol. The van der Waals surface area contributed by atoms with Gasteiger partial charge < -0.3 is 10.0 Å². The average Bonchev–Trinajstić information content (AvgIpc) is 2.92. The van der Waals surface area contributed by atoms with Crippen molar-refractivity contribution in [3.05, 3.63) is 22.7 Å². The zero-order valence-electron chi connectivity index (χ0n) is 8.72. The summed E-state index contributed by atoms with van der Waals surface area (Å²) < 4.78 is 1.46. The van der Waals surface area contributed by atoms with E-state index in [4.69, 9.17) is 0 Å². The van der Waals surface area contributed by atoms with E-state index in [1.54, 1.807) is 11.0 Å². The normalized spacial score (nSPS) is 15.9. The van der Waals surface area contributed by atoms with Crippen molar-refractivity contribution in [1.82, 2.24) is 25.1 Å². The third-order valence-corrected chi connectivity index (χ3v) is 3.48. The Bertz CT molecular complexity index is 531. The fraction of sp³-hybridized carbons (Fsp3) is 0.333. The van der Waals surface area contributed by atoms with Gasteiger partial charge in [-0.15, -0.1) is 16.4 Å². The van der Waals surface area contributed by atoms with Crippen molar-refractivity contribution < 1.29 is 9.90 Å². The number of β-amino-alcohol motifs (C(OH)–C–C–N with tert-alkyl or cyclic N) is 1. The molecule has 0 unspecified atom stereocenters. The third kappa shape index (κ3) is 1.71. The van der Waals surface area contributed by atoms with Gasteiger partial charge in [0.25, 0.3) is 5.91 Å². The summed E-state index contributed by atoms with van der Waals surface area (Å²) in [5.41, 5.74) is 0.673. The standard InChI is InChI=1S/C9H9N5O2S/c15-6-3-13(4-6)9(16)8-7(1-2-17-8)14-5-10-11-12-14/h1-2,5-6,15H,3-4H2. The number of likely N-dealkylation sites (tertiary alicyclic amines) is 1. The quantitative estimate of drug-likeness (QED) is 0.780. The molecule has 0 atom stereocenters. The summed E-state index contributed by atoms with van der Waals surface area (Å²) >= 11 is 1.35. The van der Waals surface area contributed by atoms with Crippen molar-refractivity contribution in [1.29, 1.82) is 0 Å². The van der Waals surface area contributed by atoms with E-state index in [9.17, 15) is 9.90 Å². The van der Waals surface area contributed by atoms with Crippen LogP contribution < -0.4 is 0 Å². The predicted octanol–water partition coefficient (Wildman–Crippen LogP) is -0.460. The molecule has 3 rings (SSSR count). The Morgan fingerprint density at radius 1 is 1.53 bits per heavy atom. The number of rotatable bonds is 2. The lowest BCUT2D eigenvalue weighted by atomic mass is 10.1. The third-order valence-electron chi connectivity index (χ3n) is 2.58. The van der Waals surface area contributed by atoms with E-state index < -0.39 is 6.10 Å². The second-order valence-electron chi connectivity index (χ2n) is 3.75. The molecule has 1 saturated heterocycles. The molecule has 3 heterocycles. The number of aliphatic hydroxyl groups is 1. The molecule has 8 heteroatoms. The fourth-order valence-electron chi connectivity index (χ4n) is 1.68. The largest absolute Gasteiger partial charge is 0.389 e. The molecule has 1 amide bonds. The first-order chi connectivity index (χ1) is 8.25. The lowest BCUT2D eigenvalue weighted by Crippen LogP contribution is -2.53. The van der Waals surface area contributed by atoms with Crippen molar-refractivity contribution in [3.8, 4) is 5.69 Å². The molecule has 17 heavy (non-hydrogen) atoms. The molecule has 0 radical (unpaired) electrons. The van der Waals surface area contributed by atoms with Crippen LogP contribution in [0.15, 0.2) is 17.8 Å². The molecule has 0 saturated carbocycles. The van der Waals surface area contributed by atoms with Crippen molar-refractivity contribution >= 4 is 17.2 Å². The Kier molecular flexibility index (Phi) is 2.37. The van der Waals surface area contributed by atoms with E-state index in [1.807, 2.05) is 5.38 Å². The summed E-state index contributed by atoms with van der Waals surface area (Å²) in [6, 6.07) is 1.80. The number of thiophene rings is 1. The van der Waals surface area contributed by atoms with Gasteiger partial charge in [0.2, 0.25) is 0 Å². The van der Waals surface area contributed by atoms with E-state index in [0.29, 0.717) is 23.7 Å². The Balaban J connectivity index is 1.89. The van der Waals surface area contributed by atoms with Crippen molar-refractivity contribution in [3.63, 3.8) is 0 Å². The van der Waals surface area contributed by atoms with Crippen LogP contribution in [0.25, 0.3) is 5.69 Å². The molecule has 88 valence electrons. The molecule has 7 nitrogen and oxygen atoms in total. The number of aliphatic hydroxyl groups excluding tert-OH is 1. The van der Waals surface area contributed by atoms with E-state index in [-0.39, 0.29) is 5.91 Å². The lowest BCUT2D eigenvalue weighted by Gasteiger charge is -2.35. The number of hydrogen-bond acceptors (Lipinski definition) is 6. The topological polar surface area (TPSA) is 84.1 Å². The van der Waals surface area contributed by atoms with Crippen LogP contribution >= 0.6 is 11.3 Å². The number of amides is 1. The van der Waals surface area contributed by atoms with Crippen molar-refractivity contribution in [2.75, 3.05) is 13.1 Å². The first-order valence-corrected chi connectivity index (χ1v) is 5.92. The number of nitrogens with zero attached hydrogens (tertiary/aromatic N) is 5. The van der Waals surface area contributed by atoms with Crippen molar-refractivity contribution in [2.45, 2.75) is 6.10 Å². The van der Waals surface area contributed by atoms with Gasteiger partial charge in [-0.2, -0.15) is 4.68 Å². The van der Waals surface area contributed by atoms with Crippen LogP contribution in [0.3, 0.4) is 0 Å². The smallest absolute Gasteiger partial charge is 0.266 e. The molecule has 2 aromatic heterocycles. The van der Waals surface area contributed by atoms with Gasteiger partial charge in [0.15, 0.2) is 0 Å². The summed E-state index contributed by atoms with van der Waals surface area (Å²) in [6.07, 6.45) is 1.06. The zero-order valence-corrected chi connectivity index (χ0v) is 9.54. The monoisotopic (exact) mass is 251 g/mol. The minimum Gasteiger partial charge on any atom is -0.389 e. The first-order valence-electron chi connectivity index (χ1n) is 5.04. The van der Waals surface area contributed by atoms with Crippen molar-refractivity contribution in [2.24, 2.45) is 0 Å². The molecule has 1 aliphatic rings. The maximum Gasteiger partial charge on any atom is 0.266 e. The Morgan fingerprint density at radius 3 is 3.00 bits per heavy atom. The van der Waals surface area contributed by atoms with Crippen LogP contribution in [0, 0.1) is 0 Å². The van der Waals surface area contributed by atoms with E-state index in [0.717, 1.165) is 0 Å². The van der Waals surface area contributed by atoms with Crippen LogP contribution in [0.1, 0.15) is 9.67 Å². The SMILES string of the molecule is O=C(c1sccc1-n1cnnn1)N1CC(O)C1. The van der Waals surface area contributed by atoms with E-state index >= 15 is 0 Å². The average molecular weight is 251 g/mol. The zero-order chi connectivity index (χ0) is 11.8. The van der Waals surface area contributed by atoms with Crippen LogP contribution in [0.5, 0.6) is 0 Å². The first kappa shape index (κ1) is 10.4. The molecule has 1 aliphatic heterocycles. The fourth-order valence-corrected chi connectivity index (χ4v) is 2.52. The summed E-state index contributed by atoms with van der Waals surface area (Å²) in [5, 5.41) is 21.9. The number of aromatic nitrogens is 4. The number of hydrogen-bond donors (Lipinski definition) is 1. The molecule has 0 aromatic carbocycles. The maximum absolute atomic E-state index is 12.1. The molecule has 1 N–H and O–H groups in total.